The molecule has 0 fully saturated rings. The maximum absolute atomic E-state index is 2.35. The minimum Gasteiger partial charge on any atom is -0.116 e. The largest absolute Gasteiger partial charge is 0.116 e. The lowest BCUT2D eigenvalue weighted by atomic mass is 10.6. The van der Waals surface area contributed by atoms with Crippen molar-refractivity contribution in [2.24, 2.45) is 0 Å². The van der Waals surface area contributed by atoms with Gasteiger partial charge in [-0.15, -0.1) is 23.5 Å². The Morgan fingerprint density at radius 1 is 0.895 bits per heavy atom. The van der Waals surface area contributed by atoms with Crippen molar-refractivity contribution in [3.63, 3.8) is 0 Å². The van der Waals surface area contributed by atoms with Crippen molar-refractivity contribution < 1.29 is 0 Å². The van der Waals surface area contributed by atoms with E-state index in [1.165, 1.54) is 25.7 Å². The average Bonchev–Trinajstić information content (AvgIpc) is 3.03. The van der Waals surface area contributed by atoms with E-state index in [0.29, 0.717) is 5.25 Å². The van der Waals surface area contributed by atoms with Crippen LogP contribution in [0.4, 0.5) is 0 Å². The van der Waals surface area contributed by atoms with Gasteiger partial charge in [0.15, 0.2) is 0 Å². The molecule has 0 nitrogen and oxygen atoms in total. The summed E-state index contributed by atoms with van der Waals surface area (Å²) in [5.74, 6) is 3.74. The Kier molecular flexibility index (Phi) is 6.72. The first-order valence-electron chi connectivity index (χ1n) is 5.69. The van der Waals surface area contributed by atoms with Crippen LogP contribution in [-0.2, 0) is 0 Å². The summed E-state index contributed by atoms with van der Waals surface area (Å²) in [6.45, 7) is 2.35. The number of hydrogen-bond donors (Lipinski definition) is 0. The van der Waals surface area contributed by atoms with E-state index < -0.39 is 0 Å². The molecule has 3 rings (SSSR count). The number of thioether (sulfide) groups is 6. The van der Waals surface area contributed by atoms with E-state index in [0.717, 1.165) is 0 Å². The summed E-state index contributed by atoms with van der Waals surface area (Å²) in [5, 5.41) is 5.09. The third kappa shape index (κ3) is 4.50. The van der Waals surface area contributed by atoms with Gasteiger partial charge in [0.2, 0.25) is 0 Å². The van der Waals surface area contributed by atoms with Gasteiger partial charge in [0.05, 0.1) is 16.9 Å². The van der Waals surface area contributed by atoms with Gasteiger partial charge in [-0.3, -0.25) is 0 Å². The van der Waals surface area contributed by atoms with Crippen LogP contribution >= 0.6 is 92.2 Å². The van der Waals surface area contributed by atoms with Crippen molar-refractivity contribution in [2.45, 2.75) is 12.2 Å². The highest BCUT2D eigenvalue weighted by molar-refractivity contribution is 8.76. The molecular formula is C11H12S8. The molecule has 3 heterocycles. The van der Waals surface area contributed by atoms with E-state index in [1.54, 1.807) is 8.47 Å². The summed E-state index contributed by atoms with van der Waals surface area (Å²) in [5.41, 5.74) is 0. The van der Waals surface area contributed by atoms with Crippen LogP contribution in [0.2, 0.25) is 0 Å². The summed E-state index contributed by atoms with van der Waals surface area (Å²) in [6, 6.07) is 0. The van der Waals surface area contributed by atoms with E-state index in [4.69, 9.17) is 0 Å². The van der Waals surface area contributed by atoms with Crippen molar-refractivity contribution in [1.29, 1.82) is 0 Å². The van der Waals surface area contributed by atoms with Crippen molar-refractivity contribution >= 4 is 92.2 Å². The first-order valence-corrected chi connectivity index (χ1v) is 13.4. The zero-order valence-corrected chi connectivity index (χ0v) is 16.7. The van der Waals surface area contributed by atoms with Gasteiger partial charge >= 0.3 is 0 Å². The lowest BCUT2D eigenvalue weighted by molar-refractivity contribution is 1.14. The normalized spacial score (nSPS) is 29.0. The highest BCUT2D eigenvalue weighted by Crippen LogP contribution is 2.62. The van der Waals surface area contributed by atoms with Gasteiger partial charge in [0, 0.05) is 22.5 Å². The zero-order valence-electron chi connectivity index (χ0n) is 10.1. The smallest absolute Gasteiger partial charge is 0.0717 e. The van der Waals surface area contributed by atoms with Crippen LogP contribution in [-0.4, -0.2) is 22.5 Å². The molecule has 0 amide bonds. The van der Waals surface area contributed by atoms with Crippen molar-refractivity contribution in [3.8, 4) is 0 Å². The van der Waals surface area contributed by atoms with Gasteiger partial charge < -0.3 is 0 Å². The topological polar surface area (TPSA) is 0 Å². The second kappa shape index (κ2) is 8.04. The molecule has 3 aliphatic rings. The fraction of sp³-hybridized carbons (Fsp3) is 0.455. The summed E-state index contributed by atoms with van der Waals surface area (Å²) in [6.07, 6.45) is 0. The molecule has 0 aromatic heterocycles. The van der Waals surface area contributed by atoms with Crippen LogP contribution in [0.3, 0.4) is 0 Å². The van der Waals surface area contributed by atoms with E-state index in [-0.39, 0.29) is 0 Å². The third-order valence-electron chi connectivity index (χ3n) is 2.20. The molecule has 0 aliphatic carbocycles. The minimum atomic E-state index is 0.709. The molecule has 0 saturated carbocycles. The van der Waals surface area contributed by atoms with Gasteiger partial charge in [-0.2, -0.15) is 0 Å². The van der Waals surface area contributed by atoms with Crippen molar-refractivity contribution in [3.05, 3.63) is 27.8 Å². The quantitative estimate of drug-likeness (QED) is 0.397. The second-order valence-corrected chi connectivity index (χ2v) is 13.8. The van der Waals surface area contributed by atoms with Gasteiger partial charge in [0.25, 0.3) is 0 Å². The van der Waals surface area contributed by atoms with E-state index in [2.05, 4.69) is 29.5 Å². The SMILES string of the molecule is CC1CSSCCSC2=C(SC(=C3SC=CS3)S2)S1. The van der Waals surface area contributed by atoms with Gasteiger partial charge in [-0.05, 0) is 10.8 Å². The predicted molar refractivity (Wildman–Crippen MR) is 108 cm³/mol. The molecule has 104 valence electrons. The Hall–Kier alpha value is 2.02. The molecule has 0 radical (unpaired) electrons. The Morgan fingerprint density at radius 3 is 2.53 bits per heavy atom. The Bertz CT molecular complexity index is 428. The fourth-order valence-corrected chi connectivity index (χ4v) is 12.8. The summed E-state index contributed by atoms with van der Waals surface area (Å²) < 4.78 is 6.06. The molecule has 0 saturated heterocycles. The molecule has 8 heteroatoms. The maximum atomic E-state index is 2.35. The van der Waals surface area contributed by atoms with Crippen molar-refractivity contribution in [2.75, 3.05) is 17.3 Å². The average molecular weight is 401 g/mol. The Morgan fingerprint density at radius 2 is 1.68 bits per heavy atom. The molecule has 0 N–H and O–H groups in total. The van der Waals surface area contributed by atoms with Crippen LogP contribution in [0.15, 0.2) is 27.8 Å². The van der Waals surface area contributed by atoms with E-state index in [1.807, 2.05) is 80.4 Å². The maximum Gasteiger partial charge on any atom is 0.0717 e. The van der Waals surface area contributed by atoms with Crippen LogP contribution in [0, 0.1) is 0 Å². The van der Waals surface area contributed by atoms with Crippen LogP contribution < -0.4 is 0 Å². The minimum absolute atomic E-state index is 0.709. The summed E-state index contributed by atoms with van der Waals surface area (Å²) >= 11 is 11.9. The molecule has 19 heavy (non-hydrogen) atoms. The van der Waals surface area contributed by atoms with Crippen LogP contribution in [0.25, 0.3) is 0 Å². The van der Waals surface area contributed by atoms with Crippen LogP contribution in [0.5, 0.6) is 0 Å². The van der Waals surface area contributed by atoms with E-state index >= 15 is 0 Å². The molecule has 0 aromatic carbocycles. The highest BCUT2D eigenvalue weighted by atomic mass is 33.1. The van der Waals surface area contributed by atoms with Gasteiger partial charge in [0.1, 0.15) is 0 Å². The monoisotopic (exact) mass is 400 g/mol. The molecule has 0 aromatic rings. The van der Waals surface area contributed by atoms with Crippen LogP contribution in [0.1, 0.15) is 6.92 Å². The fourth-order valence-electron chi connectivity index (χ4n) is 1.41. The highest BCUT2D eigenvalue weighted by Gasteiger charge is 2.27. The molecule has 1 atom stereocenters. The predicted octanol–water partition coefficient (Wildman–Crippen LogP) is 6.92. The van der Waals surface area contributed by atoms with Gasteiger partial charge in [-0.1, -0.05) is 75.6 Å². The standard InChI is InChI=1S/C11H12S8/c1-7-6-16-15-5-4-14-9-11(17-7)19-10(18-9)8-12-2-3-13-8/h2-3,7H,4-6H2,1H3. The lowest BCUT2D eigenvalue weighted by Gasteiger charge is -2.13. The molecule has 0 spiro atoms. The number of rotatable bonds is 0. The van der Waals surface area contributed by atoms with Crippen molar-refractivity contribution in [1.82, 2.24) is 0 Å². The summed E-state index contributed by atoms with van der Waals surface area (Å²) in [4.78, 5) is 0. The second-order valence-electron chi connectivity index (χ2n) is 3.75. The first-order chi connectivity index (χ1) is 9.33. The third-order valence-corrected chi connectivity index (χ3v) is 13.5. The number of hydrogen-bond acceptors (Lipinski definition) is 8. The van der Waals surface area contributed by atoms with E-state index in [9.17, 15) is 0 Å². The Balaban J connectivity index is 1.74. The Labute approximate surface area is 148 Å². The molecule has 0 bridgehead atoms. The molecular weight excluding hydrogens is 389 g/mol. The zero-order chi connectivity index (χ0) is 13.1. The molecule has 3 aliphatic heterocycles. The first kappa shape index (κ1) is 15.9. The lowest BCUT2D eigenvalue weighted by Crippen LogP contribution is -1.99. The molecule has 1 unspecified atom stereocenters. The van der Waals surface area contributed by atoms with Gasteiger partial charge in [-0.25, -0.2) is 0 Å². The summed E-state index contributed by atoms with van der Waals surface area (Å²) in [7, 11) is 4.06.